The molecule has 0 aliphatic rings. The fourth-order valence-electron chi connectivity index (χ4n) is 1.51. The van der Waals surface area contributed by atoms with Crippen LogP contribution in [0.2, 0.25) is 0 Å². The van der Waals surface area contributed by atoms with Crippen LogP contribution in [0.4, 0.5) is 0 Å². The topological polar surface area (TPSA) is 88.7 Å². The Morgan fingerprint density at radius 3 is 2.68 bits per heavy atom. The van der Waals surface area contributed by atoms with E-state index >= 15 is 0 Å². The van der Waals surface area contributed by atoms with Crippen molar-refractivity contribution in [3.8, 4) is 5.75 Å². The van der Waals surface area contributed by atoms with Crippen LogP contribution < -0.4 is 21.1 Å². The van der Waals surface area contributed by atoms with Gasteiger partial charge in [-0.15, -0.1) is 24.0 Å². The van der Waals surface area contributed by atoms with E-state index < -0.39 is 0 Å². The van der Waals surface area contributed by atoms with Gasteiger partial charge in [-0.2, -0.15) is 0 Å². The van der Waals surface area contributed by atoms with Crippen LogP contribution in [0.15, 0.2) is 41.4 Å². The number of amides is 1. The maximum Gasteiger partial charge on any atom is 0.251 e. The van der Waals surface area contributed by atoms with Gasteiger partial charge in [0.05, 0.1) is 13.7 Å². The first kappa shape index (κ1) is 20.2. The lowest BCUT2D eigenvalue weighted by atomic mass is 10.2. The summed E-state index contributed by atoms with van der Waals surface area (Å²) < 4.78 is 5.08. The number of nitrogens with zero attached hydrogens (tertiary/aromatic N) is 1. The SMILES string of the molecule is C=C(C)CN=C(N)NCCNC(=O)c1cccc(OC)c1.I. The Balaban J connectivity index is 0.00000441. The van der Waals surface area contributed by atoms with Gasteiger partial charge in [0.2, 0.25) is 0 Å². The predicted octanol–water partition coefficient (Wildman–Crippen LogP) is 1.52. The number of hydrogen-bond donors (Lipinski definition) is 3. The number of halogens is 1. The highest BCUT2D eigenvalue weighted by molar-refractivity contribution is 14.0. The van der Waals surface area contributed by atoms with E-state index in [-0.39, 0.29) is 29.9 Å². The van der Waals surface area contributed by atoms with Crippen LogP contribution in [0.1, 0.15) is 17.3 Å². The Bertz CT molecular complexity index is 532. The van der Waals surface area contributed by atoms with Gasteiger partial charge >= 0.3 is 0 Å². The first-order valence-corrected chi connectivity index (χ1v) is 6.63. The molecule has 0 aromatic heterocycles. The van der Waals surface area contributed by atoms with Crippen molar-refractivity contribution in [3.05, 3.63) is 42.0 Å². The number of nitrogens with one attached hydrogen (secondary N) is 2. The number of carbonyl (C=O) groups excluding carboxylic acids is 1. The molecule has 1 aromatic carbocycles. The Hall–Kier alpha value is -1.77. The van der Waals surface area contributed by atoms with Crippen molar-refractivity contribution in [2.45, 2.75) is 6.92 Å². The largest absolute Gasteiger partial charge is 0.497 e. The van der Waals surface area contributed by atoms with Gasteiger partial charge in [0.25, 0.3) is 5.91 Å². The molecule has 122 valence electrons. The van der Waals surface area contributed by atoms with Crippen molar-refractivity contribution in [2.75, 3.05) is 26.7 Å². The average molecular weight is 418 g/mol. The molecule has 0 spiro atoms. The molecule has 22 heavy (non-hydrogen) atoms. The van der Waals surface area contributed by atoms with Crippen molar-refractivity contribution in [2.24, 2.45) is 10.7 Å². The van der Waals surface area contributed by atoms with Gasteiger partial charge in [-0.1, -0.05) is 18.2 Å². The second-order valence-electron chi connectivity index (χ2n) is 4.57. The standard InChI is InChI=1S/C15H22N4O2.HI/c1-11(2)10-19-15(16)18-8-7-17-14(20)12-5-4-6-13(9-12)21-3;/h4-6,9H,1,7-8,10H2,2-3H3,(H,17,20)(H3,16,18,19);1H. The zero-order valence-corrected chi connectivity index (χ0v) is 15.2. The third kappa shape index (κ3) is 7.87. The third-order valence-electron chi connectivity index (χ3n) is 2.57. The Morgan fingerprint density at radius 2 is 2.05 bits per heavy atom. The normalized spacial score (nSPS) is 10.4. The maximum atomic E-state index is 11.9. The van der Waals surface area contributed by atoms with Gasteiger partial charge in [0.15, 0.2) is 5.96 Å². The molecule has 0 heterocycles. The minimum atomic E-state index is -0.159. The third-order valence-corrected chi connectivity index (χ3v) is 2.57. The summed E-state index contributed by atoms with van der Waals surface area (Å²) in [6, 6.07) is 6.98. The van der Waals surface area contributed by atoms with E-state index in [1.54, 1.807) is 31.4 Å². The van der Waals surface area contributed by atoms with E-state index in [1.807, 2.05) is 6.92 Å². The smallest absolute Gasteiger partial charge is 0.251 e. The molecule has 0 radical (unpaired) electrons. The predicted molar refractivity (Wildman–Crippen MR) is 100 cm³/mol. The molecule has 1 amide bonds. The molecule has 0 saturated carbocycles. The van der Waals surface area contributed by atoms with Crippen LogP contribution >= 0.6 is 24.0 Å². The summed E-state index contributed by atoms with van der Waals surface area (Å²) in [5.74, 6) is 0.832. The van der Waals surface area contributed by atoms with Crippen LogP contribution in [0.5, 0.6) is 5.75 Å². The monoisotopic (exact) mass is 418 g/mol. The zero-order valence-electron chi connectivity index (χ0n) is 12.9. The second-order valence-corrected chi connectivity index (χ2v) is 4.57. The van der Waals surface area contributed by atoms with E-state index in [4.69, 9.17) is 10.5 Å². The summed E-state index contributed by atoms with van der Waals surface area (Å²) in [5, 5.41) is 5.70. The van der Waals surface area contributed by atoms with Crippen LogP contribution in [-0.2, 0) is 0 Å². The molecule has 6 nitrogen and oxygen atoms in total. The molecule has 0 atom stereocenters. The van der Waals surface area contributed by atoms with E-state index in [9.17, 15) is 4.79 Å². The van der Waals surface area contributed by atoms with Gasteiger partial charge in [-0.3, -0.25) is 4.79 Å². The summed E-state index contributed by atoms with van der Waals surface area (Å²) in [7, 11) is 1.56. The molecular weight excluding hydrogens is 395 g/mol. The first-order chi connectivity index (χ1) is 10.0. The van der Waals surface area contributed by atoms with Crippen molar-refractivity contribution < 1.29 is 9.53 Å². The molecule has 0 aliphatic carbocycles. The second kappa shape index (κ2) is 10.9. The first-order valence-electron chi connectivity index (χ1n) is 6.63. The van der Waals surface area contributed by atoms with Crippen LogP contribution in [0.25, 0.3) is 0 Å². The molecule has 7 heteroatoms. The summed E-state index contributed by atoms with van der Waals surface area (Å²) in [6.45, 7) is 7.06. The van der Waals surface area contributed by atoms with Gasteiger partial charge in [-0.05, 0) is 25.1 Å². The Kier molecular flexibility index (Phi) is 10.0. The molecule has 1 aromatic rings. The van der Waals surface area contributed by atoms with Crippen molar-refractivity contribution in [1.82, 2.24) is 10.6 Å². The lowest BCUT2D eigenvalue weighted by Gasteiger charge is -2.08. The van der Waals surface area contributed by atoms with E-state index in [1.165, 1.54) is 0 Å². The van der Waals surface area contributed by atoms with Crippen LogP contribution in [-0.4, -0.2) is 38.6 Å². The van der Waals surface area contributed by atoms with Gasteiger partial charge < -0.3 is 21.1 Å². The van der Waals surface area contributed by atoms with E-state index in [0.717, 1.165) is 5.57 Å². The molecule has 0 aliphatic heterocycles. The molecular formula is C15H23IN4O2. The highest BCUT2D eigenvalue weighted by Crippen LogP contribution is 2.11. The number of hydrogen-bond acceptors (Lipinski definition) is 3. The molecule has 1 rings (SSSR count). The number of methoxy groups -OCH3 is 1. The van der Waals surface area contributed by atoms with Crippen molar-refractivity contribution in [1.29, 1.82) is 0 Å². The molecule has 0 saturated heterocycles. The van der Waals surface area contributed by atoms with Crippen molar-refractivity contribution >= 4 is 35.8 Å². The highest BCUT2D eigenvalue weighted by atomic mass is 127. The van der Waals surface area contributed by atoms with Crippen LogP contribution in [0.3, 0.4) is 0 Å². The minimum absolute atomic E-state index is 0. The zero-order chi connectivity index (χ0) is 15.7. The van der Waals surface area contributed by atoms with E-state index in [2.05, 4.69) is 22.2 Å². The molecule has 0 unspecified atom stereocenters. The number of carbonyl (C=O) groups is 1. The maximum absolute atomic E-state index is 11.9. The fourth-order valence-corrected chi connectivity index (χ4v) is 1.51. The number of guanidine groups is 1. The summed E-state index contributed by atoms with van der Waals surface area (Å²) >= 11 is 0. The number of aliphatic imine (C=N–C) groups is 1. The lowest BCUT2D eigenvalue weighted by Crippen LogP contribution is -2.38. The van der Waals surface area contributed by atoms with Gasteiger partial charge in [-0.25, -0.2) is 4.99 Å². The van der Waals surface area contributed by atoms with Crippen molar-refractivity contribution in [3.63, 3.8) is 0 Å². The van der Waals surface area contributed by atoms with Gasteiger partial charge in [0.1, 0.15) is 5.75 Å². The minimum Gasteiger partial charge on any atom is -0.497 e. The van der Waals surface area contributed by atoms with Gasteiger partial charge in [0, 0.05) is 18.7 Å². The highest BCUT2D eigenvalue weighted by Gasteiger charge is 2.05. The lowest BCUT2D eigenvalue weighted by molar-refractivity contribution is 0.0954. The summed E-state index contributed by atoms with van der Waals surface area (Å²) in [4.78, 5) is 16.0. The van der Waals surface area contributed by atoms with Crippen LogP contribution in [0, 0.1) is 0 Å². The fraction of sp³-hybridized carbons (Fsp3) is 0.333. The quantitative estimate of drug-likeness (QED) is 0.206. The summed E-state index contributed by atoms with van der Waals surface area (Å²) in [5.41, 5.74) is 7.15. The van der Waals surface area contributed by atoms with E-state index in [0.29, 0.717) is 36.9 Å². The number of nitrogens with two attached hydrogens (primary N) is 1. The number of ether oxygens (including phenoxy) is 1. The number of benzene rings is 1. The Morgan fingerprint density at radius 1 is 1.36 bits per heavy atom. The average Bonchev–Trinajstić information content (AvgIpc) is 2.49. The molecule has 0 fully saturated rings. The Labute approximate surface area is 148 Å². The molecule has 4 N–H and O–H groups in total. The summed E-state index contributed by atoms with van der Waals surface area (Å²) in [6.07, 6.45) is 0. The number of rotatable bonds is 7. The molecule has 0 bridgehead atoms.